The molecule has 0 aromatic heterocycles. The Labute approximate surface area is 234 Å². The fourth-order valence-electron chi connectivity index (χ4n) is 4.47. The minimum atomic E-state index is -0.746. The van der Waals surface area contributed by atoms with Gasteiger partial charge in [0.2, 0.25) is 0 Å². The highest BCUT2D eigenvalue weighted by Gasteiger charge is 2.26. The topological polar surface area (TPSA) is 85.2 Å². The number of methoxy groups -OCH3 is 1. The van der Waals surface area contributed by atoms with Crippen LogP contribution in [0.5, 0.6) is 0 Å². The summed E-state index contributed by atoms with van der Waals surface area (Å²) in [6, 6.07) is 9.81. The summed E-state index contributed by atoms with van der Waals surface area (Å²) >= 11 is 0. The number of hydrogen-bond acceptors (Lipinski definition) is 6. The number of aliphatic hydroxyl groups is 2. The number of carbonyl (C=O) groups excluding carboxylic acids is 1. The fraction of sp³-hybridized carbons (Fsp3) is 0.485. The number of hydrogen-bond donors (Lipinski definition) is 2. The molecule has 0 amide bonds. The molecule has 2 N–H and O–H groups in total. The van der Waals surface area contributed by atoms with Crippen molar-refractivity contribution in [3.8, 4) is 0 Å². The van der Waals surface area contributed by atoms with Gasteiger partial charge in [0.05, 0.1) is 31.5 Å². The second kappa shape index (κ2) is 17.0. The number of rotatable bonds is 5. The molecule has 0 saturated heterocycles. The summed E-state index contributed by atoms with van der Waals surface area (Å²) in [5.74, 6) is -0.524. The molecule has 6 heteroatoms. The van der Waals surface area contributed by atoms with Gasteiger partial charge in [-0.2, -0.15) is 0 Å². The van der Waals surface area contributed by atoms with Crippen LogP contribution in [-0.4, -0.2) is 54.3 Å². The molecule has 1 aliphatic heterocycles. The molecule has 1 aromatic carbocycles. The van der Waals surface area contributed by atoms with Gasteiger partial charge >= 0.3 is 5.97 Å². The van der Waals surface area contributed by atoms with Gasteiger partial charge in [0.1, 0.15) is 6.10 Å². The Bertz CT molecular complexity index is 1050. The molecule has 0 saturated carbocycles. The van der Waals surface area contributed by atoms with Gasteiger partial charge in [-0.1, -0.05) is 84.4 Å². The van der Waals surface area contributed by atoms with E-state index in [0.717, 1.165) is 22.3 Å². The van der Waals surface area contributed by atoms with Crippen molar-refractivity contribution in [3.05, 3.63) is 94.6 Å². The molecule has 1 aliphatic rings. The summed E-state index contributed by atoms with van der Waals surface area (Å²) in [7, 11) is 1.55. The molecule has 0 unspecified atom stereocenters. The van der Waals surface area contributed by atoms with Gasteiger partial charge < -0.3 is 24.4 Å². The Morgan fingerprint density at radius 3 is 2.41 bits per heavy atom. The molecule has 214 valence electrons. The Balaban J connectivity index is 2.30. The van der Waals surface area contributed by atoms with Crippen molar-refractivity contribution in [2.45, 2.75) is 84.9 Å². The van der Waals surface area contributed by atoms with Crippen LogP contribution in [0.1, 0.15) is 59.4 Å². The summed E-state index contributed by atoms with van der Waals surface area (Å²) in [6.45, 7) is 10.1. The number of esters is 1. The lowest BCUT2D eigenvalue weighted by atomic mass is 9.99. The fourth-order valence-corrected chi connectivity index (χ4v) is 4.47. The predicted molar refractivity (Wildman–Crippen MR) is 156 cm³/mol. The van der Waals surface area contributed by atoms with E-state index in [-0.39, 0.29) is 12.5 Å². The van der Waals surface area contributed by atoms with Gasteiger partial charge in [-0.05, 0) is 52.2 Å². The second-order valence-electron chi connectivity index (χ2n) is 10.5. The highest BCUT2D eigenvalue weighted by atomic mass is 16.6. The molecule has 2 rings (SSSR count). The summed E-state index contributed by atoms with van der Waals surface area (Å²) in [5, 5.41) is 21.4. The molecule has 0 aliphatic carbocycles. The smallest absolute Gasteiger partial charge is 0.334 e. The van der Waals surface area contributed by atoms with Crippen LogP contribution in [0.4, 0.5) is 0 Å². The lowest BCUT2D eigenvalue weighted by Gasteiger charge is -2.26. The molecule has 1 aromatic rings. The monoisotopic (exact) mass is 538 g/mol. The van der Waals surface area contributed by atoms with E-state index in [2.05, 4.69) is 0 Å². The summed E-state index contributed by atoms with van der Waals surface area (Å²) < 4.78 is 17.4. The molecule has 0 radical (unpaired) electrons. The third-order valence-corrected chi connectivity index (χ3v) is 6.69. The highest BCUT2D eigenvalue weighted by Crippen LogP contribution is 2.19. The average Bonchev–Trinajstić information content (AvgIpc) is 2.89. The third-order valence-electron chi connectivity index (χ3n) is 6.69. The molecule has 1 heterocycles. The first kappa shape index (κ1) is 32.4. The molecule has 0 bridgehead atoms. The van der Waals surface area contributed by atoms with Gasteiger partial charge in [-0.3, -0.25) is 0 Å². The molecular weight excluding hydrogens is 492 g/mol. The van der Waals surface area contributed by atoms with Crippen molar-refractivity contribution in [2.75, 3.05) is 13.7 Å². The predicted octanol–water partition coefficient (Wildman–Crippen LogP) is 6.01. The quantitative estimate of drug-likeness (QED) is 0.447. The van der Waals surface area contributed by atoms with Gasteiger partial charge in [0, 0.05) is 25.0 Å². The number of ether oxygens (including phenoxy) is 3. The number of cyclic esters (lactones) is 1. The molecule has 0 fully saturated rings. The largest absolute Gasteiger partial charge is 0.456 e. The Kier molecular flexibility index (Phi) is 14.2. The average molecular weight is 539 g/mol. The molecule has 0 spiro atoms. The maximum atomic E-state index is 13.0. The van der Waals surface area contributed by atoms with Crippen LogP contribution in [0, 0.1) is 5.92 Å². The number of allylic oxidation sites excluding steroid dienone is 7. The minimum Gasteiger partial charge on any atom is -0.456 e. The first-order valence-corrected chi connectivity index (χ1v) is 13.7. The second-order valence-corrected chi connectivity index (χ2v) is 10.5. The molecule has 5 atom stereocenters. The van der Waals surface area contributed by atoms with Gasteiger partial charge in [0.25, 0.3) is 0 Å². The van der Waals surface area contributed by atoms with Crippen LogP contribution < -0.4 is 0 Å². The normalized spacial score (nSPS) is 32.7. The van der Waals surface area contributed by atoms with E-state index in [1.54, 1.807) is 26.2 Å². The van der Waals surface area contributed by atoms with Gasteiger partial charge in [-0.25, -0.2) is 4.79 Å². The Morgan fingerprint density at radius 1 is 1.00 bits per heavy atom. The zero-order chi connectivity index (χ0) is 28.8. The first-order valence-electron chi connectivity index (χ1n) is 13.7. The van der Waals surface area contributed by atoms with Crippen LogP contribution in [0.3, 0.4) is 0 Å². The molecular formula is C33H46O6. The van der Waals surface area contributed by atoms with Crippen molar-refractivity contribution in [1.29, 1.82) is 0 Å². The van der Waals surface area contributed by atoms with E-state index >= 15 is 0 Å². The minimum absolute atomic E-state index is 0.0836. The first-order chi connectivity index (χ1) is 18.6. The SMILES string of the molecule is CO[C@H]1C[C@@H](COCc2ccccc2)OC(=O)/C(C)=C/C(C)=C/C(C)=C/[C@@H](C)[C@H](O)/C=C/C(C)=C/CC[C@@H]1O. The zero-order valence-electron chi connectivity index (χ0n) is 24.3. The van der Waals surface area contributed by atoms with Crippen LogP contribution >= 0.6 is 0 Å². The number of benzene rings is 1. The van der Waals surface area contributed by atoms with E-state index in [1.165, 1.54) is 0 Å². The number of carbonyl (C=O) groups is 1. The highest BCUT2D eigenvalue weighted by molar-refractivity contribution is 5.88. The molecule has 6 nitrogen and oxygen atoms in total. The summed E-state index contributed by atoms with van der Waals surface area (Å²) in [4.78, 5) is 13.0. The van der Waals surface area contributed by atoms with Crippen LogP contribution in [0.2, 0.25) is 0 Å². The van der Waals surface area contributed by atoms with Crippen molar-refractivity contribution in [2.24, 2.45) is 5.92 Å². The lowest BCUT2D eigenvalue weighted by Crippen LogP contribution is -2.35. The van der Waals surface area contributed by atoms with Crippen LogP contribution in [-0.2, 0) is 25.6 Å². The molecule has 39 heavy (non-hydrogen) atoms. The maximum absolute atomic E-state index is 13.0. The van der Waals surface area contributed by atoms with E-state index in [4.69, 9.17) is 14.2 Å². The van der Waals surface area contributed by atoms with E-state index in [1.807, 2.05) is 82.3 Å². The Morgan fingerprint density at radius 2 is 1.72 bits per heavy atom. The van der Waals surface area contributed by atoms with E-state index in [0.29, 0.717) is 31.4 Å². The Hall–Kier alpha value is -2.77. The summed E-state index contributed by atoms with van der Waals surface area (Å²) in [5.41, 5.74) is 4.39. The van der Waals surface area contributed by atoms with Crippen molar-refractivity contribution < 1.29 is 29.2 Å². The van der Waals surface area contributed by atoms with Crippen LogP contribution in [0.25, 0.3) is 0 Å². The van der Waals surface area contributed by atoms with Crippen molar-refractivity contribution in [1.82, 2.24) is 0 Å². The third kappa shape index (κ3) is 12.3. The van der Waals surface area contributed by atoms with Crippen molar-refractivity contribution >= 4 is 5.97 Å². The maximum Gasteiger partial charge on any atom is 0.334 e. The van der Waals surface area contributed by atoms with Gasteiger partial charge in [0.15, 0.2) is 0 Å². The lowest BCUT2D eigenvalue weighted by molar-refractivity contribution is -0.151. The van der Waals surface area contributed by atoms with E-state index in [9.17, 15) is 15.0 Å². The van der Waals surface area contributed by atoms with E-state index < -0.39 is 30.4 Å². The summed E-state index contributed by atoms with van der Waals surface area (Å²) in [6.07, 6.45) is 10.5. The standard InChI is InChI=1S/C33H46O6/c1-23-11-10-14-31(35)32(37-6)20-29(22-38-21-28-12-8-7-9-13-28)39-33(36)27(5)19-25(3)17-24(2)18-26(4)30(34)16-15-23/h7-9,11-13,15-19,26,29-32,34-35H,10,14,20-22H2,1-6H3/b16-15+,23-11+,24-18+,25-17+,27-19+/t26-,29+,30-,31+,32+/m1/s1. The zero-order valence-corrected chi connectivity index (χ0v) is 24.3. The number of aliphatic hydroxyl groups excluding tert-OH is 2. The van der Waals surface area contributed by atoms with Gasteiger partial charge in [-0.15, -0.1) is 0 Å². The van der Waals surface area contributed by atoms with Crippen LogP contribution in [0.15, 0.2) is 89.1 Å². The van der Waals surface area contributed by atoms with Crippen molar-refractivity contribution in [3.63, 3.8) is 0 Å².